The molecule has 0 fully saturated rings. The summed E-state index contributed by atoms with van der Waals surface area (Å²) in [5, 5.41) is 32.1. The second-order valence-electron chi connectivity index (χ2n) is 6.59. The molecule has 2 aromatic carbocycles. The van der Waals surface area contributed by atoms with Crippen molar-refractivity contribution in [1.29, 1.82) is 10.7 Å². The maximum Gasteiger partial charge on any atom is 0.224 e. The van der Waals surface area contributed by atoms with Crippen molar-refractivity contribution in [2.75, 3.05) is 0 Å². The van der Waals surface area contributed by atoms with E-state index in [0.717, 1.165) is 22.4 Å². The predicted molar refractivity (Wildman–Crippen MR) is 99.9 cm³/mol. The summed E-state index contributed by atoms with van der Waals surface area (Å²) in [5.74, 6) is -0.527. The highest BCUT2D eigenvalue weighted by atomic mass is 16.5. The van der Waals surface area contributed by atoms with Crippen LogP contribution in [0, 0.1) is 29.6 Å². The van der Waals surface area contributed by atoms with Gasteiger partial charge in [-0.15, -0.1) is 0 Å². The van der Waals surface area contributed by atoms with Crippen LogP contribution < -0.4 is 4.74 Å². The van der Waals surface area contributed by atoms with E-state index in [1.807, 2.05) is 37.3 Å². The molecule has 1 aromatic heterocycles. The second-order valence-corrected chi connectivity index (χ2v) is 6.59. The van der Waals surface area contributed by atoms with Crippen LogP contribution in [-0.4, -0.2) is 20.8 Å². The topological polar surface area (TPSA) is 94.9 Å². The van der Waals surface area contributed by atoms with Gasteiger partial charge in [0.05, 0.1) is 18.3 Å². The van der Waals surface area contributed by atoms with Crippen molar-refractivity contribution in [3.05, 3.63) is 77.0 Å². The first-order chi connectivity index (χ1) is 13.1. The molecule has 2 atom stereocenters. The van der Waals surface area contributed by atoms with Crippen molar-refractivity contribution in [2.24, 2.45) is 5.92 Å². The quantitative estimate of drug-likeness (QED) is 0.748. The number of fused-ring (bicyclic) bond motifs is 1. The summed E-state index contributed by atoms with van der Waals surface area (Å²) in [6.07, 6.45) is 0. The lowest BCUT2D eigenvalue weighted by Crippen LogP contribution is -2.31. The third kappa shape index (κ3) is 2.93. The molecule has 0 bridgehead atoms. The Morgan fingerprint density at radius 1 is 1.19 bits per heavy atom. The van der Waals surface area contributed by atoms with Crippen molar-refractivity contribution in [3.8, 4) is 17.7 Å². The zero-order valence-electron chi connectivity index (χ0n) is 14.8. The van der Waals surface area contributed by atoms with E-state index in [-0.39, 0.29) is 17.6 Å². The first-order valence-corrected chi connectivity index (χ1v) is 8.64. The molecule has 134 valence electrons. The van der Waals surface area contributed by atoms with E-state index < -0.39 is 5.92 Å². The maximum atomic E-state index is 9.66. The van der Waals surface area contributed by atoms with E-state index >= 15 is 0 Å². The number of nitrogens with one attached hydrogen (secondary N) is 1. The minimum Gasteiger partial charge on any atom is -0.508 e. The van der Waals surface area contributed by atoms with Gasteiger partial charge in [0.1, 0.15) is 11.7 Å². The van der Waals surface area contributed by atoms with Gasteiger partial charge in [-0.25, -0.2) is 4.68 Å². The number of hydrogen-bond donors (Lipinski definition) is 2. The van der Waals surface area contributed by atoms with E-state index in [9.17, 15) is 10.4 Å². The Bertz CT molecular complexity index is 1030. The van der Waals surface area contributed by atoms with Crippen LogP contribution in [0.25, 0.3) is 0 Å². The molecule has 1 aliphatic rings. The second kappa shape index (κ2) is 6.61. The molecule has 0 amide bonds. The molecule has 0 unspecified atom stereocenters. The molecule has 0 spiro atoms. The monoisotopic (exact) mass is 358 g/mol. The fourth-order valence-electron chi connectivity index (χ4n) is 3.56. The summed E-state index contributed by atoms with van der Waals surface area (Å²) in [6, 6.07) is 18.8. The first-order valence-electron chi connectivity index (χ1n) is 8.64. The van der Waals surface area contributed by atoms with E-state index in [4.69, 9.17) is 10.1 Å². The van der Waals surface area contributed by atoms with Crippen molar-refractivity contribution in [1.82, 2.24) is 9.78 Å². The summed E-state index contributed by atoms with van der Waals surface area (Å²) in [4.78, 5) is 0. The van der Waals surface area contributed by atoms with Gasteiger partial charge in [0, 0.05) is 11.5 Å². The standard InChI is InChI=1S/C21H18N4O2/c1-13-18-19(15-7-9-16(26)10-8-15)17(11-22)20(23)27-21(18)25(24-13)12-14-5-3-2-4-6-14/h2-10,17,19,23,26H,12H2,1H3/t17-,19+/m1/s1. The van der Waals surface area contributed by atoms with Gasteiger partial charge in [-0.1, -0.05) is 42.5 Å². The highest BCUT2D eigenvalue weighted by molar-refractivity contribution is 5.84. The van der Waals surface area contributed by atoms with Gasteiger partial charge in [0.2, 0.25) is 11.8 Å². The lowest BCUT2D eigenvalue weighted by atomic mass is 9.79. The molecule has 0 saturated carbocycles. The van der Waals surface area contributed by atoms with Crippen molar-refractivity contribution in [3.63, 3.8) is 0 Å². The fourth-order valence-corrected chi connectivity index (χ4v) is 3.56. The number of nitrogens with zero attached hydrogens (tertiary/aromatic N) is 3. The zero-order chi connectivity index (χ0) is 19.0. The van der Waals surface area contributed by atoms with E-state index in [1.165, 1.54) is 0 Å². The van der Waals surface area contributed by atoms with Crippen LogP contribution >= 0.6 is 0 Å². The molecule has 0 radical (unpaired) electrons. The van der Waals surface area contributed by atoms with Gasteiger partial charge >= 0.3 is 0 Å². The average molecular weight is 358 g/mol. The number of aromatic nitrogens is 2. The minimum absolute atomic E-state index is 0.0858. The normalized spacial score (nSPS) is 18.4. The Morgan fingerprint density at radius 2 is 1.89 bits per heavy atom. The van der Waals surface area contributed by atoms with Crippen LogP contribution in [-0.2, 0) is 6.54 Å². The van der Waals surface area contributed by atoms with E-state index in [0.29, 0.717) is 12.4 Å². The van der Waals surface area contributed by atoms with Crippen LogP contribution in [0.1, 0.15) is 28.3 Å². The molecular weight excluding hydrogens is 340 g/mol. The molecule has 2 heterocycles. The molecular formula is C21H18N4O2. The smallest absolute Gasteiger partial charge is 0.224 e. The maximum absolute atomic E-state index is 9.66. The van der Waals surface area contributed by atoms with Gasteiger partial charge in [0.15, 0.2) is 0 Å². The zero-order valence-corrected chi connectivity index (χ0v) is 14.8. The summed E-state index contributed by atoms with van der Waals surface area (Å²) in [6.45, 7) is 2.41. The molecule has 1 aliphatic heterocycles. The number of benzene rings is 2. The molecule has 2 N–H and O–H groups in total. The average Bonchev–Trinajstić information content (AvgIpc) is 2.97. The third-order valence-electron chi connectivity index (χ3n) is 4.83. The van der Waals surface area contributed by atoms with Crippen LogP contribution in [0.3, 0.4) is 0 Å². The number of phenols is 1. The minimum atomic E-state index is -0.741. The van der Waals surface area contributed by atoms with Crippen LogP contribution in [0.4, 0.5) is 0 Å². The third-order valence-corrected chi connectivity index (χ3v) is 4.83. The van der Waals surface area contributed by atoms with Crippen molar-refractivity contribution < 1.29 is 9.84 Å². The number of phenolic OH excluding ortho intramolecular Hbond substituents is 1. The van der Waals surface area contributed by atoms with E-state index in [2.05, 4.69) is 11.2 Å². The predicted octanol–water partition coefficient (Wildman–Crippen LogP) is 3.59. The lowest BCUT2D eigenvalue weighted by Gasteiger charge is -2.28. The molecule has 0 aliphatic carbocycles. The highest BCUT2D eigenvalue weighted by Crippen LogP contribution is 2.44. The summed E-state index contributed by atoms with van der Waals surface area (Å²) < 4.78 is 7.49. The van der Waals surface area contributed by atoms with Gasteiger partial charge < -0.3 is 9.84 Å². The SMILES string of the molecule is Cc1nn(Cc2ccccc2)c2c1[C@@H](c1ccc(O)cc1)[C@@H](C#N)C(=N)O2. The highest BCUT2D eigenvalue weighted by Gasteiger charge is 2.40. The summed E-state index contributed by atoms with van der Waals surface area (Å²) in [5.41, 5.74) is 3.50. The molecule has 6 nitrogen and oxygen atoms in total. The van der Waals surface area contributed by atoms with Gasteiger partial charge in [-0.2, -0.15) is 10.4 Å². The van der Waals surface area contributed by atoms with Crippen LogP contribution in [0.15, 0.2) is 54.6 Å². The Hall–Kier alpha value is -3.59. The Morgan fingerprint density at radius 3 is 2.56 bits per heavy atom. The van der Waals surface area contributed by atoms with Crippen LogP contribution in [0.5, 0.6) is 11.6 Å². The molecule has 6 heteroatoms. The molecule has 0 saturated heterocycles. The summed E-state index contributed by atoms with van der Waals surface area (Å²) >= 11 is 0. The Labute approximate surface area is 156 Å². The molecule has 27 heavy (non-hydrogen) atoms. The number of rotatable bonds is 3. The van der Waals surface area contributed by atoms with Gasteiger partial charge in [-0.05, 0) is 30.2 Å². The largest absolute Gasteiger partial charge is 0.508 e. The van der Waals surface area contributed by atoms with Crippen LogP contribution in [0.2, 0.25) is 0 Å². The summed E-state index contributed by atoms with van der Waals surface area (Å²) in [7, 11) is 0. The lowest BCUT2D eigenvalue weighted by molar-refractivity contribution is 0.406. The number of hydrogen-bond acceptors (Lipinski definition) is 5. The van der Waals surface area contributed by atoms with Crippen molar-refractivity contribution >= 4 is 5.90 Å². The Kier molecular flexibility index (Phi) is 4.13. The van der Waals surface area contributed by atoms with Gasteiger partial charge in [-0.3, -0.25) is 5.41 Å². The van der Waals surface area contributed by atoms with Crippen molar-refractivity contribution in [2.45, 2.75) is 19.4 Å². The number of nitriles is 1. The Balaban J connectivity index is 1.83. The van der Waals surface area contributed by atoms with Gasteiger partial charge in [0.25, 0.3) is 0 Å². The first kappa shape index (κ1) is 16.9. The molecule has 4 rings (SSSR count). The fraction of sp³-hybridized carbons (Fsp3) is 0.190. The number of aromatic hydroxyl groups is 1. The number of ether oxygens (including phenoxy) is 1. The number of aryl methyl sites for hydroxylation is 1. The van der Waals surface area contributed by atoms with E-state index in [1.54, 1.807) is 28.9 Å². The molecule has 3 aromatic rings.